The average molecular weight is 356 g/mol. The van der Waals surface area contributed by atoms with Gasteiger partial charge in [-0.2, -0.15) is 5.26 Å². The number of thiophene rings is 1. The van der Waals surface area contributed by atoms with E-state index >= 15 is 0 Å². The number of benzene rings is 1. The van der Waals surface area contributed by atoms with Crippen LogP contribution in [0.15, 0.2) is 24.3 Å². The molecule has 1 N–H and O–H groups in total. The lowest BCUT2D eigenvalue weighted by molar-refractivity contribution is 0.102. The molecule has 1 aliphatic carbocycles. The highest BCUT2D eigenvalue weighted by molar-refractivity contribution is 7.16. The van der Waals surface area contributed by atoms with Gasteiger partial charge in [-0.1, -0.05) is 32.9 Å². The predicted octanol–water partition coefficient (Wildman–Crippen LogP) is 5.16. The van der Waals surface area contributed by atoms with Crippen LogP contribution in [0, 0.1) is 28.5 Å². The summed E-state index contributed by atoms with van der Waals surface area (Å²) in [6.45, 7) is 6.72. The molecule has 3 rings (SSSR count). The topological polar surface area (TPSA) is 52.9 Å². The summed E-state index contributed by atoms with van der Waals surface area (Å²) in [5, 5.41) is 12.8. The third-order valence-corrected chi connectivity index (χ3v) is 6.12. The number of rotatable bonds is 2. The zero-order valence-electron chi connectivity index (χ0n) is 14.6. The quantitative estimate of drug-likeness (QED) is 0.808. The van der Waals surface area contributed by atoms with Crippen molar-refractivity contribution < 1.29 is 9.18 Å². The van der Waals surface area contributed by atoms with Crippen LogP contribution < -0.4 is 5.32 Å². The standard InChI is InChI=1S/C20H21FN2OS/c1-20(2,3)12-8-9-13-15(11-22)19(25-17(13)10-12)23-18(24)14-6-4-5-7-16(14)21/h4-7,12H,8-10H2,1-3H3,(H,23,24)/t12-/m1/s1. The molecule has 0 fully saturated rings. The fourth-order valence-electron chi connectivity index (χ4n) is 3.35. The fourth-order valence-corrected chi connectivity index (χ4v) is 4.62. The molecule has 1 aromatic heterocycles. The van der Waals surface area contributed by atoms with E-state index in [1.807, 2.05) is 0 Å². The van der Waals surface area contributed by atoms with E-state index in [4.69, 9.17) is 0 Å². The minimum atomic E-state index is -0.562. The van der Waals surface area contributed by atoms with Gasteiger partial charge >= 0.3 is 0 Å². The van der Waals surface area contributed by atoms with E-state index in [1.54, 1.807) is 12.1 Å². The average Bonchev–Trinajstić information content (AvgIpc) is 2.90. The Morgan fingerprint density at radius 3 is 2.72 bits per heavy atom. The number of nitriles is 1. The van der Waals surface area contributed by atoms with Crippen LogP contribution in [-0.2, 0) is 12.8 Å². The largest absolute Gasteiger partial charge is 0.312 e. The third kappa shape index (κ3) is 3.45. The van der Waals surface area contributed by atoms with Crippen LogP contribution in [0.1, 0.15) is 53.6 Å². The summed E-state index contributed by atoms with van der Waals surface area (Å²) < 4.78 is 13.8. The fraction of sp³-hybridized carbons (Fsp3) is 0.400. The van der Waals surface area contributed by atoms with Crippen LogP contribution >= 0.6 is 11.3 Å². The Hall–Kier alpha value is -2.19. The van der Waals surface area contributed by atoms with Crippen LogP contribution in [0.3, 0.4) is 0 Å². The molecule has 1 heterocycles. The molecule has 3 nitrogen and oxygen atoms in total. The highest BCUT2D eigenvalue weighted by atomic mass is 32.1. The maximum absolute atomic E-state index is 13.8. The first-order chi connectivity index (χ1) is 11.8. The number of hydrogen-bond donors (Lipinski definition) is 1. The molecule has 0 radical (unpaired) electrons. The maximum atomic E-state index is 13.8. The molecule has 1 amide bonds. The van der Waals surface area contributed by atoms with Gasteiger partial charge in [0.25, 0.3) is 5.91 Å². The lowest BCUT2D eigenvalue weighted by Gasteiger charge is -2.33. The minimum absolute atomic E-state index is 0.00895. The molecule has 5 heteroatoms. The van der Waals surface area contributed by atoms with E-state index in [0.717, 1.165) is 24.8 Å². The SMILES string of the molecule is CC(C)(C)[C@@H]1CCc2c(sc(NC(=O)c3ccccc3F)c2C#N)C1. The molecule has 0 saturated carbocycles. The molecule has 25 heavy (non-hydrogen) atoms. The van der Waals surface area contributed by atoms with Gasteiger partial charge in [0.15, 0.2) is 0 Å². The van der Waals surface area contributed by atoms with Gasteiger partial charge in [-0.15, -0.1) is 11.3 Å². The highest BCUT2D eigenvalue weighted by Crippen LogP contribution is 2.44. The number of halogens is 1. The zero-order chi connectivity index (χ0) is 18.2. The monoisotopic (exact) mass is 356 g/mol. The van der Waals surface area contributed by atoms with Crippen molar-refractivity contribution in [1.29, 1.82) is 5.26 Å². The van der Waals surface area contributed by atoms with Crippen LogP contribution in [0.5, 0.6) is 0 Å². The van der Waals surface area contributed by atoms with Gasteiger partial charge in [0.1, 0.15) is 16.9 Å². The summed E-state index contributed by atoms with van der Waals surface area (Å²) in [6.07, 6.45) is 2.82. The predicted molar refractivity (Wildman–Crippen MR) is 98.4 cm³/mol. The Morgan fingerprint density at radius 1 is 1.36 bits per heavy atom. The van der Waals surface area contributed by atoms with Crippen molar-refractivity contribution in [1.82, 2.24) is 0 Å². The van der Waals surface area contributed by atoms with Gasteiger partial charge in [0, 0.05) is 4.88 Å². The van der Waals surface area contributed by atoms with Crippen molar-refractivity contribution in [3.8, 4) is 6.07 Å². The maximum Gasteiger partial charge on any atom is 0.259 e. The zero-order valence-corrected chi connectivity index (χ0v) is 15.5. The van der Waals surface area contributed by atoms with Crippen LogP contribution in [-0.4, -0.2) is 5.91 Å². The molecule has 1 aromatic carbocycles. The van der Waals surface area contributed by atoms with Gasteiger partial charge in [-0.3, -0.25) is 4.79 Å². The molecular weight excluding hydrogens is 335 g/mol. The Balaban J connectivity index is 1.89. The van der Waals surface area contributed by atoms with Crippen molar-refractivity contribution in [2.45, 2.75) is 40.0 Å². The van der Waals surface area contributed by atoms with Crippen molar-refractivity contribution in [3.05, 3.63) is 51.7 Å². The lowest BCUT2D eigenvalue weighted by Crippen LogP contribution is -2.26. The third-order valence-electron chi connectivity index (χ3n) is 4.95. The number of amides is 1. The van der Waals surface area contributed by atoms with E-state index in [1.165, 1.54) is 28.3 Å². The molecule has 1 aliphatic rings. The van der Waals surface area contributed by atoms with Crippen LogP contribution in [0.4, 0.5) is 9.39 Å². The Morgan fingerprint density at radius 2 is 2.08 bits per heavy atom. The second-order valence-corrected chi connectivity index (χ2v) is 8.66. The van der Waals surface area contributed by atoms with E-state index in [-0.39, 0.29) is 11.0 Å². The number of fused-ring (bicyclic) bond motifs is 1. The number of anilines is 1. The number of hydrogen-bond acceptors (Lipinski definition) is 3. The molecule has 0 bridgehead atoms. The number of nitrogens with zero attached hydrogens (tertiary/aromatic N) is 1. The van der Waals surface area contributed by atoms with Crippen LogP contribution in [0.25, 0.3) is 0 Å². The lowest BCUT2D eigenvalue weighted by atomic mass is 9.72. The van der Waals surface area contributed by atoms with Gasteiger partial charge in [0.05, 0.1) is 11.1 Å². The Labute approximate surface area is 151 Å². The second-order valence-electron chi connectivity index (χ2n) is 7.56. The normalized spacial score (nSPS) is 16.8. The summed E-state index contributed by atoms with van der Waals surface area (Å²) >= 11 is 1.46. The van der Waals surface area contributed by atoms with E-state index in [9.17, 15) is 14.4 Å². The molecule has 1 atom stereocenters. The van der Waals surface area contributed by atoms with Gasteiger partial charge in [-0.25, -0.2) is 4.39 Å². The minimum Gasteiger partial charge on any atom is -0.312 e. The summed E-state index contributed by atoms with van der Waals surface area (Å²) in [7, 11) is 0. The van der Waals surface area contributed by atoms with E-state index < -0.39 is 11.7 Å². The van der Waals surface area contributed by atoms with Crippen molar-refractivity contribution in [2.75, 3.05) is 5.32 Å². The molecule has 0 spiro atoms. The molecule has 130 valence electrons. The summed E-state index contributed by atoms with van der Waals surface area (Å²) in [4.78, 5) is 13.6. The smallest absolute Gasteiger partial charge is 0.259 e. The molecule has 2 aromatic rings. The van der Waals surface area contributed by atoms with Gasteiger partial charge in [-0.05, 0) is 48.3 Å². The van der Waals surface area contributed by atoms with Crippen molar-refractivity contribution in [2.24, 2.45) is 11.3 Å². The van der Waals surface area contributed by atoms with Crippen molar-refractivity contribution >= 4 is 22.2 Å². The summed E-state index contributed by atoms with van der Waals surface area (Å²) in [5.41, 5.74) is 1.80. The Kier molecular flexibility index (Phi) is 4.66. The van der Waals surface area contributed by atoms with Crippen LogP contribution in [0.2, 0.25) is 0 Å². The first-order valence-electron chi connectivity index (χ1n) is 8.41. The molecule has 0 saturated heterocycles. The number of carbonyl (C=O) groups excluding carboxylic acids is 1. The molecular formula is C20H21FN2OS. The summed E-state index contributed by atoms with van der Waals surface area (Å²) in [5.74, 6) is -0.520. The van der Waals surface area contributed by atoms with Crippen molar-refractivity contribution in [3.63, 3.8) is 0 Å². The van der Waals surface area contributed by atoms with E-state index in [0.29, 0.717) is 16.5 Å². The summed E-state index contributed by atoms with van der Waals surface area (Å²) in [6, 6.07) is 8.10. The van der Waals surface area contributed by atoms with E-state index in [2.05, 4.69) is 32.2 Å². The van der Waals surface area contributed by atoms with Gasteiger partial charge in [0.2, 0.25) is 0 Å². The first kappa shape index (κ1) is 17.6. The Bertz CT molecular complexity index is 858. The highest BCUT2D eigenvalue weighted by Gasteiger charge is 2.32. The van der Waals surface area contributed by atoms with Gasteiger partial charge < -0.3 is 5.32 Å². The second kappa shape index (κ2) is 6.61. The first-order valence-corrected chi connectivity index (χ1v) is 9.23. The molecule has 0 unspecified atom stereocenters. The number of nitrogens with one attached hydrogen (secondary N) is 1. The molecule has 0 aliphatic heterocycles. The number of carbonyl (C=O) groups is 1.